The number of carbonyl (C=O) groups excluding carboxylic acids is 2. The molecule has 1 fully saturated rings. The summed E-state index contributed by atoms with van der Waals surface area (Å²) in [6, 6.07) is 6.35. The number of phenols is 1. The average Bonchev–Trinajstić information content (AvgIpc) is 3.08. The van der Waals surface area contributed by atoms with Crippen LogP contribution < -0.4 is 5.32 Å². The van der Waals surface area contributed by atoms with E-state index in [2.05, 4.69) is 15.4 Å². The number of aromatic nitrogens is 3. The van der Waals surface area contributed by atoms with Gasteiger partial charge < -0.3 is 20.4 Å². The van der Waals surface area contributed by atoms with Crippen LogP contribution >= 0.6 is 0 Å². The minimum absolute atomic E-state index is 0.0600. The van der Waals surface area contributed by atoms with E-state index in [0.29, 0.717) is 6.54 Å². The van der Waals surface area contributed by atoms with E-state index in [-0.39, 0.29) is 49.4 Å². The summed E-state index contributed by atoms with van der Waals surface area (Å²) in [6.45, 7) is 2.81. The molecule has 1 aliphatic rings. The minimum Gasteiger partial charge on any atom is -0.508 e. The fourth-order valence-corrected chi connectivity index (χ4v) is 2.73. The van der Waals surface area contributed by atoms with Crippen molar-refractivity contribution >= 4 is 11.8 Å². The Labute approximate surface area is 150 Å². The highest BCUT2D eigenvalue weighted by atomic mass is 16.3. The Balaban J connectivity index is 1.45. The van der Waals surface area contributed by atoms with Gasteiger partial charge in [-0.3, -0.25) is 14.3 Å². The molecule has 26 heavy (non-hydrogen) atoms. The summed E-state index contributed by atoms with van der Waals surface area (Å²) in [5.41, 5.74) is -0.386. The van der Waals surface area contributed by atoms with Gasteiger partial charge >= 0.3 is 0 Å². The number of aryl methyl sites for hydroxylation is 1. The second-order valence-corrected chi connectivity index (χ2v) is 6.43. The van der Waals surface area contributed by atoms with Gasteiger partial charge in [0.25, 0.3) is 5.91 Å². The Morgan fingerprint density at radius 3 is 2.58 bits per heavy atom. The number of carbonyl (C=O) groups is 2. The van der Waals surface area contributed by atoms with Crippen molar-refractivity contribution in [3.05, 3.63) is 42.0 Å². The molecule has 2 aromatic rings. The Hall–Kier alpha value is -2.94. The number of likely N-dealkylation sites (tertiary alicyclic amines) is 1. The van der Waals surface area contributed by atoms with Gasteiger partial charge in [0.2, 0.25) is 11.7 Å². The predicted molar refractivity (Wildman–Crippen MR) is 91.4 cm³/mol. The summed E-state index contributed by atoms with van der Waals surface area (Å²) >= 11 is 0. The molecule has 2 heterocycles. The molecule has 0 unspecified atom stereocenters. The Morgan fingerprint density at radius 2 is 1.96 bits per heavy atom. The maximum atomic E-state index is 12.2. The Bertz CT molecular complexity index is 796. The predicted octanol–water partition coefficient (Wildman–Crippen LogP) is -0.451. The van der Waals surface area contributed by atoms with Crippen LogP contribution in [0.2, 0.25) is 0 Å². The normalized spacial score (nSPS) is 15.4. The highest BCUT2D eigenvalue weighted by molar-refractivity contribution is 5.91. The van der Waals surface area contributed by atoms with Gasteiger partial charge in [-0.25, -0.2) is 4.98 Å². The molecule has 138 valence electrons. The fraction of sp³-hybridized carbons (Fsp3) is 0.412. The van der Waals surface area contributed by atoms with E-state index in [9.17, 15) is 19.8 Å². The molecular weight excluding hydrogens is 338 g/mol. The number of amides is 2. The number of aromatic hydroxyl groups is 1. The van der Waals surface area contributed by atoms with Gasteiger partial charge in [-0.15, -0.1) is 5.10 Å². The van der Waals surface area contributed by atoms with Crippen molar-refractivity contribution in [3.8, 4) is 5.75 Å². The van der Waals surface area contributed by atoms with E-state index in [1.165, 1.54) is 23.4 Å². The number of phenolic OH excluding ortho intramolecular Hbond substituents is 1. The lowest BCUT2D eigenvalue weighted by Crippen LogP contribution is -2.67. The summed E-state index contributed by atoms with van der Waals surface area (Å²) in [5.74, 6) is -0.333. The van der Waals surface area contributed by atoms with Gasteiger partial charge in [0, 0.05) is 13.1 Å². The molecule has 1 saturated heterocycles. The van der Waals surface area contributed by atoms with E-state index < -0.39 is 5.60 Å². The molecule has 9 heteroatoms. The lowest BCUT2D eigenvalue weighted by molar-refractivity contribution is -0.124. The van der Waals surface area contributed by atoms with Crippen LogP contribution in [0.5, 0.6) is 5.75 Å². The van der Waals surface area contributed by atoms with Crippen molar-refractivity contribution in [2.75, 3.05) is 19.6 Å². The third kappa shape index (κ3) is 3.99. The summed E-state index contributed by atoms with van der Waals surface area (Å²) in [4.78, 5) is 29.6. The average molecular weight is 359 g/mol. The number of nitrogens with zero attached hydrogens (tertiary/aromatic N) is 4. The van der Waals surface area contributed by atoms with Crippen molar-refractivity contribution < 1.29 is 19.8 Å². The van der Waals surface area contributed by atoms with Crippen molar-refractivity contribution in [3.63, 3.8) is 0 Å². The first-order chi connectivity index (χ1) is 12.4. The van der Waals surface area contributed by atoms with Crippen molar-refractivity contribution in [2.24, 2.45) is 0 Å². The molecule has 0 bridgehead atoms. The van der Waals surface area contributed by atoms with Crippen LogP contribution in [0.3, 0.4) is 0 Å². The lowest BCUT2D eigenvalue weighted by Gasteiger charge is -2.45. The molecule has 0 saturated carbocycles. The highest BCUT2D eigenvalue weighted by Gasteiger charge is 2.44. The van der Waals surface area contributed by atoms with E-state index in [1.807, 2.05) is 6.92 Å². The van der Waals surface area contributed by atoms with Gasteiger partial charge in [0.1, 0.15) is 17.7 Å². The van der Waals surface area contributed by atoms with E-state index in [4.69, 9.17) is 0 Å². The largest absolute Gasteiger partial charge is 0.508 e. The molecule has 1 aromatic heterocycles. The molecule has 2 amide bonds. The van der Waals surface area contributed by atoms with Gasteiger partial charge in [0.05, 0.1) is 19.5 Å². The molecule has 0 aliphatic carbocycles. The maximum absolute atomic E-state index is 12.2. The molecule has 9 nitrogen and oxygen atoms in total. The van der Waals surface area contributed by atoms with Crippen molar-refractivity contribution in [1.29, 1.82) is 0 Å². The van der Waals surface area contributed by atoms with Crippen LogP contribution in [0.1, 0.15) is 23.1 Å². The molecule has 0 radical (unpaired) electrons. The van der Waals surface area contributed by atoms with Gasteiger partial charge in [-0.1, -0.05) is 12.1 Å². The number of aliphatic hydroxyl groups is 1. The van der Waals surface area contributed by atoms with Crippen LogP contribution in [0, 0.1) is 0 Å². The second-order valence-electron chi connectivity index (χ2n) is 6.43. The second kappa shape index (κ2) is 7.12. The summed E-state index contributed by atoms with van der Waals surface area (Å²) in [6.07, 6.45) is 1.64. The number of hydrogen-bond acceptors (Lipinski definition) is 6. The Kier molecular flexibility index (Phi) is 4.90. The van der Waals surface area contributed by atoms with Crippen LogP contribution in [0.4, 0.5) is 0 Å². The maximum Gasteiger partial charge on any atom is 0.293 e. The summed E-state index contributed by atoms with van der Waals surface area (Å²) < 4.78 is 1.56. The summed E-state index contributed by atoms with van der Waals surface area (Å²) in [7, 11) is 0. The third-order valence-electron chi connectivity index (χ3n) is 4.22. The quantitative estimate of drug-likeness (QED) is 0.642. The number of hydrogen-bond donors (Lipinski definition) is 3. The Morgan fingerprint density at radius 1 is 1.27 bits per heavy atom. The zero-order valence-corrected chi connectivity index (χ0v) is 14.4. The van der Waals surface area contributed by atoms with E-state index in [1.54, 1.807) is 16.8 Å². The number of benzene rings is 1. The van der Waals surface area contributed by atoms with Gasteiger partial charge in [-0.2, -0.15) is 0 Å². The SMILES string of the molecule is CCn1cnc(C(=O)N2CC(O)(CNC(=O)Cc3ccc(O)cc3)C2)n1. The molecule has 3 N–H and O–H groups in total. The third-order valence-corrected chi connectivity index (χ3v) is 4.22. The molecule has 0 atom stereocenters. The van der Waals surface area contributed by atoms with E-state index >= 15 is 0 Å². The van der Waals surface area contributed by atoms with Crippen LogP contribution in [0.25, 0.3) is 0 Å². The first-order valence-corrected chi connectivity index (χ1v) is 8.34. The number of nitrogens with one attached hydrogen (secondary N) is 1. The molecule has 0 spiro atoms. The zero-order valence-electron chi connectivity index (χ0n) is 14.4. The van der Waals surface area contributed by atoms with Gasteiger partial charge in [0.15, 0.2) is 0 Å². The van der Waals surface area contributed by atoms with Crippen LogP contribution in [0.15, 0.2) is 30.6 Å². The molecule has 1 aromatic carbocycles. The standard InChI is InChI=1S/C17H21N5O4/c1-2-22-11-19-15(20-22)16(25)21-9-17(26,10-21)8-18-14(24)7-12-3-5-13(23)6-4-12/h3-6,11,23,26H,2,7-10H2,1H3,(H,18,24). The number of β-amino-alcohol motifs (C(OH)–C–C–N with tert-alkyl or cyclic N) is 1. The first kappa shape index (κ1) is 17.9. The van der Waals surface area contributed by atoms with Gasteiger partial charge in [-0.05, 0) is 24.6 Å². The summed E-state index contributed by atoms with van der Waals surface area (Å²) in [5, 5.41) is 26.4. The van der Waals surface area contributed by atoms with Crippen LogP contribution in [-0.2, 0) is 17.8 Å². The topological polar surface area (TPSA) is 121 Å². The van der Waals surface area contributed by atoms with Crippen LogP contribution in [-0.4, -0.2) is 66.9 Å². The van der Waals surface area contributed by atoms with Crippen molar-refractivity contribution in [1.82, 2.24) is 25.0 Å². The van der Waals surface area contributed by atoms with E-state index in [0.717, 1.165) is 5.56 Å². The smallest absolute Gasteiger partial charge is 0.293 e. The zero-order chi connectivity index (χ0) is 18.7. The first-order valence-electron chi connectivity index (χ1n) is 8.34. The lowest BCUT2D eigenvalue weighted by atomic mass is 9.93. The molecule has 3 rings (SSSR count). The number of rotatable bonds is 6. The minimum atomic E-state index is -1.15. The molecular formula is C17H21N5O4. The highest BCUT2D eigenvalue weighted by Crippen LogP contribution is 2.21. The fourth-order valence-electron chi connectivity index (χ4n) is 2.73. The monoisotopic (exact) mass is 359 g/mol. The molecule has 1 aliphatic heterocycles. The van der Waals surface area contributed by atoms with Crippen molar-refractivity contribution in [2.45, 2.75) is 25.5 Å².